The first-order valence-corrected chi connectivity index (χ1v) is 8.77. The van der Waals surface area contributed by atoms with Gasteiger partial charge >= 0.3 is 11.9 Å². The van der Waals surface area contributed by atoms with Crippen molar-refractivity contribution in [3.8, 4) is 11.6 Å². The van der Waals surface area contributed by atoms with Crippen molar-refractivity contribution in [2.75, 3.05) is 6.61 Å². The molecule has 29 heavy (non-hydrogen) atoms. The van der Waals surface area contributed by atoms with Crippen molar-refractivity contribution in [1.82, 2.24) is 9.78 Å². The third kappa shape index (κ3) is 4.41. The smallest absolute Gasteiger partial charge is 0.358 e. The van der Waals surface area contributed by atoms with Gasteiger partial charge in [-0.25, -0.2) is 9.59 Å². The lowest BCUT2D eigenvalue weighted by atomic mass is 10.2. The molecule has 3 aromatic rings. The minimum atomic E-state index is -0.939. The zero-order valence-electron chi connectivity index (χ0n) is 15.1. The topological polar surface area (TPSA) is 114 Å². The van der Waals surface area contributed by atoms with Crippen LogP contribution in [0.1, 0.15) is 27.8 Å². The van der Waals surface area contributed by atoms with Gasteiger partial charge in [-0.15, -0.1) is 0 Å². The Morgan fingerprint density at radius 3 is 2.52 bits per heavy atom. The summed E-state index contributed by atoms with van der Waals surface area (Å²) in [5.74, 6) is -1.70. The fourth-order valence-electron chi connectivity index (χ4n) is 2.43. The summed E-state index contributed by atoms with van der Waals surface area (Å²) in [5, 5.41) is 15.1. The van der Waals surface area contributed by atoms with E-state index in [-0.39, 0.29) is 34.5 Å². The number of ether oxygens (including phenoxy) is 2. The van der Waals surface area contributed by atoms with Crippen molar-refractivity contribution in [3.63, 3.8) is 0 Å². The zero-order valence-corrected chi connectivity index (χ0v) is 15.8. The van der Waals surface area contributed by atoms with E-state index in [1.54, 1.807) is 37.3 Å². The molecule has 0 saturated carbocycles. The highest BCUT2D eigenvalue weighted by Crippen LogP contribution is 2.26. The van der Waals surface area contributed by atoms with Crippen molar-refractivity contribution >= 4 is 29.2 Å². The lowest BCUT2D eigenvalue weighted by molar-refractivity contribution is -0.384. The Kier molecular flexibility index (Phi) is 5.89. The van der Waals surface area contributed by atoms with Gasteiger partial charge in [0.15, 0.2) is 5.69 Å². The van der Waals surface area contributed by atoms with E-state index in [2.05, 4.69) is 5.10 Å². The highest BCUT2D eigenvalue weighted by molar-refractivity contribution is 6.33. The van der Waals surface area contributed by atoms with Crippen LogP contribution in [0.15, 0.2) is 54.6 Å². The second-order valence-corrected chi connectivity index (χ2v) is 6.05. The number of para-hydroxylation sites is 1. The molecule has 3 rings (SSSR count). The molecule has 1 aromatic heterocycles. The number of aromatic nitrogens is 2. The number of nitro benzene ring substituents is 1. The van der Waals surface area contributed by atoms with E-state index >= 15 is 0 Å². The van der Waals surface area contributed by atoms with Gasteiger partial charge in [-0.1, -0.05) is 29.8 Å². The van der Waals surface area contributed by atoms with Gasteiger partial charge in [0.1, 0.15) is 0 Å². The van der Waals surface area contributed by atoms with E-state index in [1.807, 2.05) is 0 Å². The van der Waals surface area contributed by atoms with Gasteiger partial charge in [0.25, 0.3) is 5.69 Å². The van der Waals surface area contributed by atoms with Crippen LogP contribution in [0.3, 0.4) is 0 Å². The normalized spacial score (nSPS) is 10.4. The summed E-state index contributed by atoms with van der Waals surface area (Å²) in [4.78, 5) is 35.0. The van der Waals surface area contributed by atoms with Crippen LogP contribution in [-0.2, 0) is 4.74 Å². The molecular weight excluding hydrogens is 402 g/mol. The number of rotatable bonds is 6. The molecule has 0 saturated heterocycles. The minimum Gasteiger partial charge on any atom is -0.461 e. The average molecular weight is 416 g/mol. The van der Waals surface area contributed by atoms with Crippen molar-refractivity contribution < 1.29 is 24.0 Å². The summed E-state index contributed by atoms with van der Waals surface area (Å²) < 4.78 is 11.5. The van der Waals surface area contributed by atoms with E-state index < -0.39 is 16.9 Å². The molecule has 0 spiro atoms. The molecule has 0 N–H and O–H groups in total. The number of halogens is 1. The molecule has 10 heteroatoms. The van der Waals surface area contributed by atoms with Crippen molar-refractivity contribution in [1.29, 1.82) is 0 Å². The van der Waals surface area contributed by atoms with Crippen LogP contribution in [-0.4, -0.2) is 33.2 Å². The van der Waals surface area contributed by atoms with Gasteiger partial charge in [-0.05, 0) is 25.1 Å². The van der Waals surface area contributed by atoms with Crippen LogP contribution in [0.25, 0.3) is 5.69 Å². The molecule has 2 aromatic carbocycles. The van der Waals surface area contributed by atoms with E-state index in [1.165, 1.54) is 22.9 Å². The molecule has 0 amide bonds. The fraction of sp³-hybridized carbons (Fsp3) is 0.105. The number of nitrogens with zero attached hydrogens (tertiary/aromatic N) is 3. The maximum Gasteiger partial charge on any atom is 0.358 e. The molecular formula is C19H14ClN3O6. The quantitative estimate of drug-likeness (QED) is 0.341. The summed E-state index contributed by atoms with van der Waals surface area (Å²) in [7, 11) is 0. The summed E-state index contributed by atoms with van der Waals surface area (Å²) in [6.07, 6.45) is 0. The first-order chi connectivity index (χ1) is 13.9. The van der Waals surface area contributed by atoms with Crippen LogP contribution < -0.4 is 4.74 Å². The molecule has 9 nitrogen and oxygen atoms in total. The molecule has 148 valence electrons. The lowest BCUT2D eigenvalue weighted by Gasteiger charge is -2.08. The minimum absolute atomic E-state index is 0.0167. The monoisotopic (exact) mass is 415 g/mol. The van der Waals surface area contributed by atoms with Crippen molar-refractivity contribution in [2.45, 2.75) is 6.92 Å². The van der Waals surface area contributed by atoms with E-state index in [0.29, 0.717) is 5.69 Å². The Bertz CT molecular complexity index is 1080. The summed E-state index contributed by atoms with van der Waals surface area (Å²) in [6.45, 7) is 1.80. The van der Waals surface area contributed by atoms with Gasteiger partial charge in [-0.3, -0.25) is 10.1 Å². The Hall–Kier alpha value is -3.72. The zero-order chi connectivity index (χ0) is 21.0. The van der Waals surface area contributed by atoms with E-state index in [4.69, 9.17) is 21.1 Å². The van der Waals surface area contributed by atoms with Gasteiger partial charge < -0.3 is 9.47 Å². The number of non-ortho nitro benzene ring substituents is 1. The summed E-state index contributed by atoms with van der Waals surface area (Å²) >= 11 is 6.00. The number of carbonyl (C=O) groups excluding carboxylic acids is 2. The summed E-state index contributed by atoms with van der Waals surface area (Å²) in [5.41, 5.74) is -0.0517. The van der Waals surface area contributed by atoms with Crippen LogP contribution in [0.2, 0.25) is 5.02 Å². The Labute approximate surface area is 169 Å². The maximum absolute atomic E-state index is 12.6. The largest absolute Gasteiger partial charge is 0.461 e. The number of nitro groups is 1. The van der Waals surface area contributed by atoms with Crippen molar-refractivity contribution in [3.05, 3.63) is 81.0 Å². The second kappa shape index (κ2) is 8.53. The SMILES string of the molecule is CCOC(=O)c1cc(OC(=O)c2cc([N+](=O)[O-])ccc2Cl)n(-c2ccccc2)n1. The lowest BCUT2D eigenvalue weighted by Crippen LogP contribution is -2.12. The Balaban J connectivity index is 2.00. The van der Waals surface area contributed by atoms with Gasteiger partial charge in [0.05, 0.1) is 27.8 Å². The van der Waals surface area contributed by atoms with Crippen LogP contribution >= 0.6 is 11.6 Å². The molecule has 0 atom stereocenters. The second-order valence-electron chi connectivity index (χ2n) is 5.65. The summed E-state index contributed by atoms with van der Waals surface area (Å²) in [6, 6.07) is 13.3. The maximum atomic E-state index is 12.6. The van der Waals surface area contributed by atoms with Gasteiger partial charge in [0.2, 0.25) is 5.88 Å². The predicted molar refractivity (Wildman–Crippen MR) is 103 cm³/mol. The molecule has 0 unspecified atom stereocenters. The Morgan fingerprint density at radius 2 is 1.86 bits per heavy atom. The first kappa shape index (κ1) is 20.0. The molecule has 0 aliphatic heterocycles. The van der Waals surface area contributed by atoms with Crippen molar-refractivity contribution in [2.24, 2.45) is 0 Å². The fourth-order valence-corrected chi connectivity index (χ4v) is 2.62. The predicted octanol–water partition coefficient (Wildman–Crippen LogP) is 3.83. The molecule has 0 aliphatic carbocycles. The third-order valence-corrected chi connectivity index (χ3v) is 4.07. The van der Waals surface area contributed by atoms with E-state index in [0.717, 1.165) is 6.07 Å². The molecule has 0 bridgehead atoms. The average Bonchev–Trinajstić information content (AvgIpc) is 3.12. The van der Waals surface area contributed by atoms with Crippen LogP contribution in [0.4, 0.5) is 5.69 Å². The standard InChI is InChI=1S/C19H14ClN3O6/c1-2-28-19(25)16-11-17(22(21-16)12-6-4-3-5-7-12)29-18(24)14-10-13(23(26)27)8-9-15(14)20/h3-11H,2H2,1H3. The van der Waals surface area contributed by atoms with Gasteiger partial charge in [-0.2, -0.15) is 9.78 Å². The number of benzene rings is 2. The van der Waals surface area contributed by atoms with Crippen LogP contribution in [0, 0.1) is 10.1 Å². The molecule has 0 fully saturated rings. The first-order valence-electron chi connectivity index (χ1n) is 8.39. The van der Waals surface area contributed by atoms with Gasteiger partial charge in [0, 0.05) is 18.2 Å². The molecule has 0 aliphatic rings. The highest BCUT2D eigenvalue weighted by atomic mass is 35.5. The van der Waals surface area contributed by atoms with Crippen LogP contribution in [0.5, 0.6) is 5.88 Å². The molecule has 0 radical (unpaired) electrons. The Morgan fingerprint density at radius 1 is 1.14 bits per heavy atom. The van der Waals surface area contributed by atoms with E-state index in [9.17, 15) is 19.7 Å². The number of hydrogen-bond acceptors (Lipinski definition) is 7. The highest BCUT2D eigenvalue weighted by Gasteiger charge is 2.23. The number of hydrogen-bond donors (Lipinski definition) is 0. The molecule has 1 heterocycles. The third-order valence-electron chi connectivity index (χ3n) is 3.74. The number of esters is 2. The number of carbonyl (C=O) groups is 2.